The molecule has 0 fully saturated rings. The van der Waals surface area contributed by atoms with Gasteiger partial charge in [-0.1, -0.05) is 25.5 Å². The smallest absolute Gasteiger partial charge is 0.227 e. The van der Waals surface area contributed by atoms with Crippen molar-refractivity contribution >= 4 is 29.9 Å². The molecule has 0 saturated carbocycles. The van der Waals surface area contributed by atoms with E-state index in [2.05, 4.69) is 37.0 Å². The van der Waals surface area contributed by atoms with Crippen molar-refractivity contribution in [3.05, 3.63) is 53.3 Å². The van der Waals surface area contributed by atoms with Crippen LogP contribution in [0.25, 0.3) is 0 Å². The predicted molar refractivity (Wildman–Crippen MR) is 93.3 cm³/mol. The van der Waals surface area contributed by atoms with Crippen LogP contribution in [0.15, 0.2) is 47.7 Å². The minimum absolute atomic E-state index is 0.461. The average Bonchev–Trinajstić information content (AvgIpc) is 2.52. The molecule has 0 amide bonds. The van der Waals surface area contributed by atoms with Crippen LogP contribution in [0.2, 0.25) is 0 Å². The Morgan fingerprint density at radius 2 is 1.68 bits per heavy atom. The summed E-state index contributed by atoms with van der Waals surface area (Å²) < 4.78 is 0. The summed E-state index contributed by atoms with van der Waals surface area (Å²) in [5.74, 6) is -0.315. The number of allylic oxidation sites excluding steroid dienone is 3. The maximum atomic E-state index is 11.6. The third kappa shape index (κ3) is 4.34. The van der Waals surface area contributed by atoms with Crippen molar-refractivity contribution in [2.24, 2.45) is 0 Å². The van der Waals surface area contributed by atoms with Gasteiger partial charge < -0.3 is 5.32 Å². The maximum absolute atomic E-state index is 11.6. The molecule has 0 radical (unpaired) electrons. The summed E-state index contributed by atoms with van der Waals surface area (Å²) in [6.07, 6.45) is 6.89. The first-order valence-electron chi connectivity index (χ1n) is 7.61. The van der Waals surface area contributed by atoms with Crippen molar-refractivity contribution in [1.29, 1.82) is 0 Å². The van der Waals surface area contributed by atoms with E-state index in [9.17, 15) is 9.59 Å². The van der Waals surface area contributed by atoms with Gasteiger partial charge in [0.05, 0.1) is 0 Å². The lowest BCUT2D eigenvalue weighted by Crippen LogP contribution is -2.18. The number of hydrogen-bond donors (Lipinski definition) is 2. The zero-order valence-electron chi connectivity index (χ0n) is 12.8. The van der Waals surface area contributed by atoms with Crippen LogP contribution in [0, 0.1) is 0 Å². The molecule has 0 saturated heterocycles. The first-order chi connectivity index (χ1) is 10.6. The molecule has 0 spiro atoms. The summed E-state index contributed by atoms with van der Waals surface area (Å²) in [5, 5.41) is 3.24. The summed E-state index contributed by atoms with van der Waals surface area (Å²) in [6.45, 7) is 2.18. The zero-order valence-corrected chi connectivity index (χ0v) is 13.7. The molecule has 1 aliphatic carbocycles. The van der Waals surface area contributed by atoms with Gasteiger partial charge in [-0.15, -0.1) is 0 Å². The van der Waals surface area contributed by atoms with Crippen molar-refractivity contribution < 1.29 is 9.59 Å². The number of anilines is 1. The van der Waals surface area contributed by atoms with Crippen LogP contribution in [0.5, 0.6) is 0 Å². The van der Waals surface area contributed by atoms with Gasteiger partial charge in [-0.3, -0.25) is 9.59 Å². The molecule has 4 heteroatoms. The number of benzene rings is 1. The molecule has 3 nitrogen and oxygen atoms in total. The molecule has 0 aromatic heterocycles. The van der Waals surface area contributed by atoms with Crippen LogP contribution in [0.3, 0.4) is 0 Å². The fourth-order valence-corrected chi connectivity index (χ4v) is 2.58. The molecule has 0 bridgehead atoms. The number of rotatable bonds is 7. The lowest BCUT2D eigenvalue weighted by atomic mass is 9.99. The Hall–Kier alpha value is -1.81. The number of thiol groups is 1. The number of ketones is 2. The summed E-state index contributed by atoms with van der Waals surface area (Å²) in [4.78, 5) is 23.1. The topological polar surface area (TPSA) is 46.2 Å². The Bertz CT molecular complexity index is 614. The summed E-state index contributed by atoms with van der Waals surface area (Å²) in [7, 11) is 0. The number of hydrogen-bond acceptors (Lipinski definition) is 4. The molecule has 1 aromatic carbocycles. The van der Waals surface area contributed by atoms with Gasteiger partial charge in [0.1, 0.15) is 0 Å². The average molecular weight is 315 g/mol. The number of aryl methyl sites for hydroxylation is 1. The van der Waals surface area contributed by atoms with Gasteiger partial charge in [0, 0.05) is 17.5 Å². The van der Waals surface area contributed by atoms with Gasteiger partial charge in [0.25, 0.3) is 0 Å². The highest BCUT2D eigenvalue weighted by Gasteiger charge is 2.19. The second-order valence-corrected chi connectivity index (χ2v) is 5.80. The lowest BCUT2D eigenvalue weighted by Gasteiger charge is -2.17. The molecule has 0 heterocycles. The minimum Gasteiger partial charge on any atom is -0.355 e. The van der Waals surface area contributed by atoms with E-state index >= 15 is 0 Å². The Morgan fingerprint density at radius 3 is 2.32 bits per heavy atom. The second kappa shape index (κ2) is 7.99. The first-order valence-corrected chi connectivity index (χ1v) is 8.25. The summed E-state index contributed by atoms with van der Waals surface area (Å²) in [6, 6.07) is 8.20. The first kappa shape index (κ1) is 16.6. The molecular formula is C18H21NO2S. The third-order valence-corrected chi connectivity index (χ3v) is 3.83. The van der Waals surface area contributed by atoms with E-state index < -0.39 is 11.6 Å². The number of unbranched alkanes of at least 4 members (excludes halogenated alkanes) is 1. The van der Waals surface area contributed by atoms with Crippen molar-refractivity contribution in [1.82, 2.24) is 0 Å². The van der Waals surface area contributed by atoms with Crippen LogP contribution >= 0.6 is 12.6 Å². The number of carbonyl (C=O) groups is 2. The molecule has 0 unspecified atom stereocenters. The monoisotopic (exact) mass is 315 g/mol. The van der Waals surface area contributed by atoms with Crippen LogP contribution in [-0.2, 0) is 16.0 Å². The van der Waals surface area contributed by atoms with E-state index in [1.807, 2.05) is 12.1 Å². The number of nitrogens with one attached hydrogen (secondary N) is 1. The van der Waals surface area contributed by atoms with Gasteiger partial charge in [-0.2, -0.15) is 12.6 Å². The highest BCUT2D eigenvalue weighted by Crippen LogP contribution is 2.22. The fraction of sp³-hybridized carbons (Fsp3) is 0.333. The largest absolute Gasteiger partial charge is 0.355 e. The van der Waals surface area contributed by atoms with E-state index in [-0.39, 0.29) is 0 Å². The van der Waals surface area contributed by atoms with Crippen molar-refractivity contribution in [3.8, 4) is 0 Å². The second-order valence-electron chi connectivity index (χ2n) is 5.36. The third-order valence-electron chi connectivity index (χ3n) is 3.60. The van der Waals surface area contributed by atoms with E-state index in [1.165, 1.54) is 30.6 Å². The molecule has 1 aliphatic rings. The van der Waals surface area contributed by atoms with Crippen LogP contribution < -0.4 is 5.32 Å². The Labute approximate surface area is 136 Å². The zero-order chi connectivity index (χ0) is 15.9. The van der Waals surface area contributed by atoms with E-state index in [0.29, 0.717) is 17.9 Å². The Kier molecular flexibility index (Phi) is 6.01. The van der Waals surface area contributed by atoms with Gasteiger partial charge in [0.2, 0.25) is 11.6 Å². The summed E-state index contributed by atoms with van der Waals surface area (Å²) >= 11 is 4.20. The molecule has 22 heavy (non-hydrogen) atoms. The van der Waals surface area contributed by atoms with E-state index in [1.54, 1.807) is 0 Å². The Morgan fingerprint density at radius 1 is 1.00 bits per heavy atom. The van der Waals surface area contributed by atoms with Crippen molar-refractivity contribution in [3.63, 3.8) is 0 Å². The molecule has 1 N–H and O–H groups in total. The molecule has 0 aliphatic heterocycles. The Balaban J connectivity index is 2.11. The highest BCUT2D eigenvalue weighted by atomic mass is 32.1. The SMILES string of the molecule is CCCCc1ccc(NC2=CC(=O)C(=O)C=C2CCS)cc1. The van der Waals surface area contributed by atoms with Crippen LogP contribution in [0.4, 0.5) is 5.69 Å². The summed E-state index contributed by atoms with van der Waals surface area (Å²) in [5.41, 5.74) is 3.75. The normalized spacial score (nSPS) is 14.6. The molecular weight excluding hydrogens is 294 g/mol. The fourth-order valence-electron chi connectivity index (χ4n) is 2.34. The number of carbonyl (C=O) groups excluding carboxylic acids is 2. The van der Waals surface area contributed by atoms with Crippen LogP contribution in [0.1, 0.15) is 31.7 Å². The highest BCUT2D eigenvalue weighted by molar-refractivity contribution is 7.80. The predicted octanol–water partition coefficient (Wildman–Crippen LogP) is 3.72. The minimum atomic E-state index is -0.481. The van der Waals surface area contributed by atoms with Crippen LogP contribution in [-0.4, -0.2) is 17.3 Å². The standard InChI is InChI=1S/C18H21NO2S/c1-2-3-4-13-5-7-15(8-6-13)19-16-12-18(21)17(20)11-14(16)9-10-22/h5-8,11-12,19,22H,2-4,9-10H2,1H3. The van der Waals surface area contributed by atoms with E-state index in [0.717, 1.165) is 17.7 Å². The molecule has 0 atom stereocenters. The van der Waals surface area contributed by atoms with E-state index in [4.69, 9.17) is 0 Å². The lowest BCUT2D eigenvalue weighted by molar-refractivity contribution is -0.131. The van der Waals surface area contributed by atoms with Gasteiger partial charge >= 0.3 is 0 Å². The molecule has 2 rings (SSSR count). The van der Waals surface area contributed by atoms with Crippen molar-refractivity contribution in [2.75, 3.05) is 11.1 Å². The van der Waals surface area contributed by atoms with Crippen molar-refractivity contribution in [2.45, 2.75) is 32.6 Å². The maximum Gasteiger partial charge on any atom is 0.227 e. The quantitative estimate of drug-likeness (QED) is 0.458. The van der Waals surface area contributed by atoms with Gasteiger partial charge in [-0.05, 0) is 54.4 Å². The van der Waals surface area contributed by atoms with Gasteiger partial charge in [-0.25, -0.2) is 0 Å². The van der Waals surface area contributed by atoms with Gasteiger partial charge in [0.15, 0.2) is 0 Å². The molecule has 116 valence electrons. The molecule has 1 aromatic rings.